The number of rotatable bonds is 6. The van der Waals surface area contributed by atoms with Crippen LogP contribution >= 0.6 is 15.9 Å². The zero-order valence-electron chi connectivity index (χ0n) is 7.90. The quantitative estimate of drug-likeness (QED) is 0.557. The summed E-state index contributed by atoms with van der Waals surface area (Å²) in [6, 6.07) is 0.272. The molecule has 0 fully saturated rings. The van der Waals surface area contributed by atoms with E-state index in [2.05, 4.69) is 21.2 Å². The van der Waals surface area contributed by atoms with E-state index in [0.29, 0.717) is 6.42 Å². The van der Waals surface area contributed by atoms with Crippen molar-refractivity contribution in [3.8, 4) is 0 Å². The molecule has 0 aromatic rings. The van der Waals surface area contributed by atoms with Crippen LogP contribution in [0.3, 0.4) is 0 Å². The molecule has 0 radical (unpaired) electrons. The van der Waals surface area contributed by atoms with E-state index >= 15 is 0 Å². The second-order valence-electron chi connectivity index (χ2n) is 3.22. The largest absolute Gasteiger partial charge is 0.354 e. The van der Waals surface area contributed by atoms with Gasteiger partial charge in [-0.2, -0.15) is 0 Å². The number of nitrogens with one attached hydrogen (secondary N) is 1. The predicted molar refractivity (Wildman–Crippen MR) is 55.5 cm³/mol. The molecule has 1 N–H and O–H groups in total. The van der Waals surface area contributed by atoms with Gasteiger partial charge in [-0.1, -0.05) is 22.4 Å². The van der Waals surface area contributed by atoms with Gasteiger partial charge >= 0.3 is 0 Å². The standard InChI is InChI=1S/C9H18BrNO/c1-8(2)11-9(12)6-4-3-5-7-10/h8H,3-7H2,1-2H3,(H,11,12). The number of halogens is 1. The van der Waals surface area contributed by atoms with Gasteiger partial charge in [-0.25, -0.2) is 0 Å². The van der Waals surface area contributed by atoms with E-state index in [1.165, 1.54) is 0 Å². The van der Waals surface area contributed by atoms with Crippen molar-refractivity contribution >= 4 is 21.8 Å². The molecule has 0 saturated carbocycles. The summed E-state index contributed by atoms with van der Waals surface area (Å²) in [7, 11) is 0. The number of amides is 1. The fourth-order valence-corrected chi connectivity index (χ4v) is 1.35. The minimum atomic E-state index is 0.180. The van der Waals surface area contributed by atoms with Crippen molar-refractivity contribution in [1.29, 1.82) is 0 Å². The van der Waals surface area contributed by atoms with Gasteiger partial charge in [-0.05, 0) is 26.7 Å². The summed E-state index contributed by atoms with van der Waals surface area (Å²) in [4.78, 5) is 11.1. The third-order valence-electron chi connectivity index (χ3n) is 1.49. The van der Waals surface area contributed by atoms with Crippen molar-refractivity contribution in [3.63, 3.8) is 0 Å². The predicted octanol–water partition coefficient (Wildman–Crippen LogP) is 2.47. The molecule has 3 heteroatoms. The lowest BCUT2D eigenvalue weighted by Crippen LogP contribution is -2.29. The number of carbonyl (C=O) groups is 1. The molecule has 12 heavy (non-hydrogen) atoms. The van der Waals surface area contributed by atoms with Crippen LogP contribution in [0, 0.1) is 0 Å². The van der Waals surface area contributed by atoms with Crippen LogP contribution in [0.2, 0.25) is 0 Å². The van der Waals surface area contributed by atoms with Crippen molar-refractivity contribution in [2.24, 2.45) is 0 Å². The normalized spacial score (nSPS) is 10.3. The number of alkyl halides is 1. The average molecular weight is 236 g/mol. The first-order chi connectivity index (χ1) is 5.66. The number of hydrogen-bond acceptors (Lipinski definition) is 1. The van der Waals surface area contributed by atoms with E-state index in [4.69, 9.17) is 0 Å². The fraction of sp³-hybridized carbons (Fsp3) is 0.889. The van der Waals surface area contributed by atoms with Crippen molar-refractivity contribution in [2.75, 3.05) is 5.33 Å². The van der Waals surface area contributed by atoms with Crippen molar-refractivity contribution in [3.05, 3.63) is 0 Å². The highest BCUT2D eigenvalue weighted by Crippen LogP contribution is 2.01. The second kappa shape index (κ2) is 7.59. The Morgan fingerprint density at radius 2 is 2.00 bits per heavy atom. The molecular weight excluding hydrogens is 218 g/mol. The summed E-state index contributed by atoms with van der Waals surface area (Å²) < 4.78 is 0. The number of unbranched alkanes of at least 4 members (excludes halogenated alkanes) is 2. The van der Waals surface area contributed by atoms with Crippen molar-refractivity contribution in [2.45, 2.75) is 45.6 Å². The molecule has 0 rings (SSSR count). The van der Waals surface area contributed by atoms with Crippen LogP contribution in [-0.2, 0) is 4.79 Å². The first-order valence-electron chi connectivity index (χ1n) is 4.52. The first-order valence-corrected chi connectivity index (χ1v) is 5.64. The van der Waals surface area contributed by atoms with Crippen molar-refractivity contribution < 1.29 is 4.79 Å². The van der Waals surface area contributed by atoms with E-state index in [1.54, 1.807) is 0 Å². The topological polar surface area (TPSA) is 29.1 Å². The fourth-order valence-electron chi connectivity index (χ4n) is 0.951. The molecule has 0 aliphatic rings. The van der Waals surface area contributed by atoms with Gasteiger partial charge in [0.15, 0.2) is 0 Å². The van der Waals surface area contributed by atoms with Gasteiger partial charge in [0, 0.05) is 17.8 Å². The Kier molecular flexibility index (Phi) is 7.56. The second-order valence-corrected chi connectivity index (χ2v) is 4.01. The summed E-state index contributed by atoms with van der Waals surface area (Å²) in [6.07, 6.45) is 3.97. The molecule has 2 nitrogen and oxygen atoms in total. The Bertz CT molecular complexity index is 126. The van der Waals surface area contributed by atoms with Crippen LogP contribution in [-0.4, -0.2) is 17.3 Å². The van der Waals surface area contributed by atoms with E-state index in [-0.39, 0.29) is 11.9 Å². The van der Waals surface area contributed by atoms with Gasteiger partial charge in [0.2, 0.25) is 5.91 Å². The average Bonchev–Trinajstić information content (AvgIpc) is 1.97. The minimum Gasteiger partial charge on any atom is -0.354 e. The van der Waals surface area contributed by atoms with Crippen LogP contribution in [0.25, 0.3) is 0 Å². The van der Waals surface area contributed by atoms with Crippen molar-refractivity contribution in [1.82, 2.24) is 5.32 Å². The lowest BCUT2D eigenvalue weighted by molar-refractivity contribution is -0.121. The highest BCUT2D eigenvalue weighted by molar-refractivity contribution is 9.09. The lowest BCUT2D eigenvalue weighted by Gasteiger charge is -2.07. The van der Waals surface area contributed by atoms with Crippen LogP contribution in [0.5, 0.6) is 0 Å². The van der Waals surface area contributed by atoms with Gasteiger partial charge in [-0.3, -0.25) is 4.79 Å². The van der Waals surface area contributed by atoms with Gasteiger partial charge in [0.25, 0.3) is 0 Å². The van der Waals surface area contributed by atoms with E-state index in [1.807, 2.05) is 13.8 Å². The molecule has 0 atom stereocenters. The Morgan fingerprint density at radius 3 is 2.50 bits per heavy atom. The molecule has 1 amide bonds. The summed E-state index contributed by atoms with van der Waals surface area (Å²) in [5.74, 6) is 0.180. The third kappa shape index (κ3) is 8.05. The summed E-state index contributed by atoms with van der Waals surface area (Å²) in [6.45, 7) is 3.97. The highest BCUT2D eigenvalue weighted by Gasteiger charge is 2.01. The number of hydrogen-bond donors (Lipinski definition) is 1. The molecule has 0 aliphatic carbocycles. The molecule has 72 valence electrons. The van der Waals surface area contributed by atoms with Gasteiger partial charge in [0.05, 0.1) is 0 Å². The Hall–Kier alpha value is -0.0500. The van der Waals surface area contributed by atoms with Crippen LogP contribution in [0.4, 0.5) is 0 Å². The van der Waals surface area contributed by atoms with E-state index in [0.717, 1.165) is 24.6 Å². The molecule has 0 aliphatic heterocycles. The molecule has 0 unspecified atom stereocenters. The molecule has 0 aromatic carbocycles. The lowest BCUT2D eigenvalue weighted by atomic mass is 10.2. The highest BCUT2D eigenvalue weighted by atomic mass is 79.9. The van der Waals surface area contributed by atoms with Gasteiger partial charge < -0.3 is 5.32 Å². The molecule has 0 aromatic heterocycles. The molecule has 0 heterocycles. The molecule has 0 bridgehead atoms. The zero-order valence-corrected chi connectivity index (χ0v) is 9.49. The van der Waals surface area contributed by atoms with E-state index < -0.39 is 0 Å². The van der Waals surface area contributed by atoms with Gasteiger partial charge in [-0.15, -0.1) is 0 Å². The summed E-state index contributed by atoms with van der Waals surface area (Å²) >= 11 is 3.36. The SMILES string of the molecule is CC(C)NC(=O)CCCCCBr. The first kappa shape index (κ1) is 11.9. The Balaban J connectivity index is 3.20. The monoisotopic (exact) mass is 235 g/mol. The molecule has 0 spiro atoms. The maximum atomic E-state index is 11.1. The van der Waals surface area contributed by atoms with Crippen LogP contribution < -0.4 is 5.32 Å². The third-order valence-corrected chi connectivity index (χ3v) is 2.05. The maximum absolute atomic E-state index is 11.1. The molecular formula is C9H18BrNO. The van der Waals surface area contributed by atoms with Gasteiger partial charge in [0.1, 0.15) is 0 Å². The Morgan fingerprint density at radius 1 is 1.33 bits per heavy atom. The molecule has 0 saturated heterocycles. The zero-order chi connectivity index (χ0) is 9.40. The Labute approximate surface area is 83.2 Å². The maximum Gasteiger partial charge on any atom is 0.220 e. The minimum absolute atomic E-state index is 0.180. The summed E-state index contributed by atoms with van der Waals surface area (Å²) in [5, 5.41) is 3.91. The van der Waals surface area contributed by atoms with Crippen LogP contribution in [0.1, 0.15) is 39.5 Å². The smallest absolute Gasteiger partial charge is 0.220 e. The van der Waals surface area contributed by atoms with E-state index in [9.17, 15) is 4.79 Å². The van der Waals surface area contributed by atoms with Crippen LogP contribution in [0.15, 0.2) is 0 Å². The summed E-state index contributed by atoms with van der Waals surface area (Å²) in [5.41, 5.74) is 0. The number of carbonyl (C=O) groups excluding carboxylic acids is 1.